The number of aryl methyl sites for hydroxylation is 2. The van der Waals surface area contributed by atoms with Gasteiger partial charge in [-0.2, -0.15) is 4.98 Å². The van der Waals surface area contributed by atoms with Crippen LogP contribution in [0.25, 0.3) is 11.0 Å². The second-order valence-corrected chi connectivity index (χ2v) is 26.0. The molecule has 0 bridgehead atoms. The number of carboxylic acid groups (broad SMARTS) is 1. The van der Waals surface area contributed by atoms with Crippen molar-refractivity contribution in [2.75, 3.05) is 87.8 Å². The van der Waals surface area contributed by atoms with Crippen LogP contribution in [0.3, 0.4) is 0 Å². The summed E-state index contributed by atoms with van der Waals surface area (Å²) in [5, 5.41) is 26.6. The Morgan fingerprint density at radius 1 is 0.892 bits per heavy atom. The molecule has 440 valence electrons. The third kappa shape index (κ3) is 14.9. The number of para-hydroxylation sites is 2. The summed E-state index contributed by atoms with van der Waals surface area (Å²) in [7, 11) is -5.63. The van der Waals surface area contributed by atoms with E-state index in [1.807, 2.05) is 56.3 Å². The maximum Gasteiger partial charge on any atom is 0.304 e. The van der Waals surface area contributed by atoms with Gasteiger partial charge in [0.2, 0.25) is 5.95 Å². The first-order valence-electron chi connectivity index (χ1n) is 27.5. The van der Waals surface area contributed by atoms with Crippen LogP contribution in [0, 0.1) is 6.92 Å². The molecule has 5 aromatic carbocycles. The van der Waals surface area contributed by atoms with E-state index in [2.05, 4.69) is 46.0 Å². The molecule has 21 nitrogen and oxygen atoms in total. The van der Waals surface area contributed by atoms with E-state index in [-0.39, 0.29) is 71.7 Å². The quantitative estimate of drug-likeness (QED) is 0.0396. The molecule has 9 rings (SSSR count). The van der Waals surface area contributed by atoms with Gasteiger partial charge in [0.05, 0.1) is 66.2 Å². The summed E-state index contributed by atoms with van der Waals surface area (Å²) in [5.41, 5.74) is 6.13. The highest BCUT2D eigenvalue weighted by atomic mass is 35.5. The molecule has 4 heterocycles. The third-order valence-electron chi connectivity index (χ3n) is 14.7. The van der Waals surface area contributed by atoms with E-state index in [4.69, 9.17) is 30.5 Å². The predicted molar refractivity (Wildman–Crippen MR) is 317 cm³/mol. The normalized spacial score (nSPS) is 16.6. The number of halogens is 1. The Bertz CT molecular complexity index is 3660. The number of anilines is 5. The van der Waals surface area contributed by atoms with Gasteiger partial charge >= 0.3 is 5.97 Å². The minimum absolute atomic E-state index is 0.163. The van der Waals surface area contributed by atoms with Gasteiger partial charge in [0.15, 0.2) is 32.1 Å². The van der Waals surface area contributed by atoms with E-state index in [1.165, 1.54) is 10.9 Å². The Balaban J connectivity index is 0.689. The molecule has 1 saturated heterocycles. The molecule has 0 saturated carbocycles. The molecule has 1 amide bonds. The van der Waals surface area contributed by atoms with Crippen LogP contribution in [0.2, 0.25) is 5.02 Å². The molecular formula is C59H69ClN10O11S2. The number of aromatic nitrogens is 5. The van der Waals surface area contributed by atoms with Crippen molar-refractivity contribution in [3.63, 3.8) is 0 Å². The Labute approximate surface area is 488 Å². The van der Waals surface area contributed by atoms with E-state index in [0.717, 1.165) is 55.2 Å². The number of carbonyl (C=O) groups excluding carboxylic acids is 1. The lowest BCUT2D eigenvalue weighted by Gasteiger charge is -2.36. The summed E-state index contributed by atoms with van der Waals surface area (Å²) < 4.78 is 79.2. The van der Waals surface area contributed by atoms with Gasteiger partial charge in [-0.15, -0.1) is 5.10 Å². The number of nitrogens with zero attached hydrogens (tertiary/aromatic N) is 7. The highest BCUT2D eigenvalue weighted by Gasteiger charge is 2.36. The molecule has 0 spiro atoms. The third-order valence-corrected chi connectivity index (χ3v) is 19.4. The van der Waals surface area contributed by atoms with Gasteiger partial charge in [-0.1, -0.05) is 59.3 Å². The van der Waals surface area contributed by atoms with Crippen LogP contribution in [0.15, 0.2) is 119 Å². The van der Waals surface area contributed by atoms with E-state index in [9.17, 15) is 31.5 Å². The smallest absolute Gasteiger partial charge is 0.304 e. The molecule has 0 radical (unpaired) electrons. The highest BCUT2D eigenvalue weighted by molar-refractivity contribution is 7.92. The van der Waals surface area contributed by atoms with E-state index < -0.39 is 42.1 Å². The lowest BCUT2D eigenvalue weighted by Crippen LogP contribution is -2.47. The SMILES string of the molecule is Cc1ccc(C(CC(=O)O)c2cc(OCC(=O)NCCOCCOCCN3CCN(c4ccc(Nc5ncc(Cl)c(Nc6ccccc6S(=O)(=O)C(C)C)n5)cc4)CC3)c3c(c2)nnn3C)cc1CC1CC(C)Oc2ccccc2S1(=O)=O. The topological polar surface area (TPSA) is 259 Å². The number of aliphatic carboxylic acids is 1. The maximum atomic E-state index is 14.0. The van der Waals surface area contributed by atoms with Crippen molar-refractivity contribution in [3.05, 3.63) is 137 Å². The average Bonchev–Trinajstić information content (AvgIpc) is 4.02. The van der Waals surface area contributed by atoms with Gasteiger partial charge < -0.3 is 44.9 Å². The first kappa shape index (κ1) is 60.2. The molecule has 7 aromatic rings. The van der Waals surface area contributed by atoms with Crippen LogP contribution in [-0.2, 0) is 52.2 Å². The molecule has 2 aliphatic rings. The number of benzene rings is 5. The zero-order valence-electron chi connectivity index (χ0n) is 47.0. The lowest BCUT2D eigenvalue weighted by molar-refractivity contribution is -0.137. The fourth-order valence-electron chi connectivity index (χ4n) is 10.2. The second-order valence-electron chi connectivity index (χ2n) is 20.9. The van der Waals surface area contributed by atoms with Crippen molar-refractivity contribution in [3.8, 4) is 11.5 Å². The molecule has 4 N–H and O–H groups in total. The van der Waals surface area contributed by atoms with Gasteiger partial charge in [-0.3, -0.25) is 14.5 Å². The zero-order chi connectivity index (χ0) is 58.8. The summed E-state index contributed by atoms with van der Waals surface area (Å²) in [4.78, 5) is 39.4. The van der Waals surface area contributed by atoms with Gasteiger partial charge in [0.25, 0.3) is 5.91 Å². The van der Waals surface area contributed by atoms with Crippen LogP contribution in [-0.4, -0.2) is 153 Å². The summed E-state index contributed by atoms with van der Waals surface area (Å²) in [6.07, 6.45) is 1.33. The van der Waals surface area contributed by atoms with Crippen LogP contribution in [0.5, 0.6) is 11.5 Å². The van der Waals surface area contributed by atoms with Gasteiger partial charge in [-0.25, -0.2) is 26.5 Å². The molecule has 0 aliphatic carbocycles. The van der Waals surface area contributed by atoms with Crippen LogP contribution in [0.1, 0.15) is 61.8 Å². The van der Waals surface area contributed by atoms with E-state index >= 15 is 0 Å². The van der Waals surface area contributed by atoms with Crippen molar-refractivity contribution in [2.45, 2.75) is 79.3 Å². The molecule has 24 heteroatoms. The number of amides is 1. The van der Waals surface area contributed by atoms with Crippen molar-refractivity contribution < 1.29 is 50.5 Å². The highest BCUT2D eigenvalue weighted by Crippen LogP contribution is 2.39. The first-order valence-corrected chi connectivity index (χ1v) is 31.0. The molecular weight excluding hydrogens is 1120 g/mol. The number of rotatable bonds is 25. The maximum absolute atomic E-state index is 14.0. The summed E-state index contributed by atoms with van der Waals surface area (Å²) in [6.45, 7) is 12.7. The van der Waals surface area contributed by atoms with Crippen molar-refractivity contribution in [2.24, 2.45) is 7.05 Å². The summed E-state index contributed by atoms with van der Waals surface area (Å²) in [5.74, 6) is -0.894. The standard InChI is InChI=1S/C59H69ClN10O11S2/c1-38(2)82(74,75)53-12-8-6-10-49(53)64-58-48(60)36-62-59(65-58)63-44-16-18-45(19-17-44)70-23-21-69(22-24-70)25-27-79-29-28-78-26-20-61-55(71)37-80-52-34-43(33-50-57(52)68(5)67-66-50)47(35-56(72)73)41-15-14-39(3)42(31-41)32-46-30-40(4)81-51-11-7-9-13-54(51)83(46,76)77/h6-19,31,33-34,36,38,40,46-47H,20-30,32,35,37H2,1-5H3,(H,61,71)(H,72,73)(H2,62,63,64,65). The molecule has 3 atom stereocenters. The number of hydrogen-bond donors (Lipinski definition) is 4. The van der Waals surface area contributed by atoms with Crippen molar-refractivity contribution in [1.29, 1.82) is 0 Å². The Morgan fingerprint density at radius 2 is 1.63 bits per heavy atom. The first-order chi connectivity index (χ1) is 39.8. The van der Waals surface area contributed by atoms with Crippen LogP contribution >= 0.6 is 11.6 Å². The number of nitrogens with one attached hydrogen (secondary N) is 3. The number of sulfone groups is 2. The van der Waals surface area contributed by atoms with Gasteiger partial charge in [0.1, 0.15) is 32.5 Å². The van der Waals surface area contributed by atoms with Gasteiger partial charge in [0, 0.05) is 70.0 Å². The molecule has 3 unspecified atom stereocenters. The number of carbonyl (C=O) groups is 2. The predicted octanol–water partition coefficient (Wildman–Crippen LogP) is 7.90. The number of piperazine rings is 1. The Hall–Kier alpha value is -7.41. The number of hydrogen-bond acceptors (Lipinski definition) is 18. The zero-order valence-corrected chi connectivity index (χ0v) is 49.3. The fraction of sp³-hybridized carbons (Fsp3) is 0.390. The molecule has 2 aromatic heterocycles. The number of carboxylic acids is 1. The average molecular weight is 1190 g/mol. The minimum Gasteiger partial charge on any atom is -0.489 e. The van der Waals surface area contributed by atoms with E-state index in [1.54, 1.807) is 81.6 Å². The van der Waals surface area contributed by atoms with Gasteiger partial charge in [-0.05, 0) is 117 Å². The number of fused-ring (bicyclic) bond motifs is 2. The fourth-order valence-corrected chi connectivity index (χ4v) is 13.5. The lowest BCUT2D eigenvalue weighted by atomic mass is 9.85. The summed E-state index contributed by atoms with van der Waals surface area (Å²) in [6, 6.07) is 30.5. The van der Waals surface area contributed by atoms with Crippen LogP contribution < -0.4 is 30.3 Å². The molecule has 1 fully saturated rings. The summed E-state index contributed by atoms with van der Waals surface area (Å²) >= 11 is 6.43. The van der Waals surface area contributed by atoms with Crippen molar-refractivity contribution >= 4 is 83.0 Å². The second kappa shape index (κ2) is 26.9. The Morgan fingerprint density at radius 3 is 2.39 bits per heavy atom. The number of ether oxygens (including phenoxy) is 4. The minimum atomic E-state index is -3.76. The monoisotopic (exact) mass is 1190 g/mol. The van der Waals surface area contributed by atoms with Crippen LogP contribution in [0.4, 0.5) is 28.8 Å². The Kier molecular flexibility index (Phi) is 19.5. The molecule has 2 aliphatic heterocycles. The largest absolute Gasteiger partial charge is 0.489 e. The van der Waals surface area contributed by atoms with E-state index in [0.29, 0.717) is 65.1 Å². The molecule has 83 heavy (non-hydrogen) atoms. The van der Waals surface area contributed by atoms with Crippen molar-refractivity contribution in [1.82, 2.24) is 35.2 Å².